The van der Waals surface area contributed by atoms with E-state index in [0.717, 1.165) is 40.1 Å². The van der Waals surface area contributed by atoms with E-state index >= 15 is 4.79 Å². The van der Waals surface area contributed by atoms with Gasteiger partial charge in [-0.15, -0.1) is 5.10 Å². The van der Waals surface area contributed by atoms with Crippen molar-refractivity contribution in [1.82, 2.24) is 25.6 Å². The molecule has 4 heterocycles. The number of rotatable bonds is 26. The molecule has 0 radical (unpaired) electrons. The highest BCUT2D eigenvalue weighted by atomic mass is 16.5. The topological polar surface area (TPSA) is 215 Å². The number of unbranched alkanes of at least 4 members (excludes halogenated alkanes) is 2. The molecule has 3 aliphatic rings. The molecule has 1 aromatic heterocycles. The molecular weight excluding hydrogens is 989 g/mol. The smallest absolute Gasteiger partial charge is 0.264 e. The van der Waals surface area contributed by atoms with Crippen molar-refractivity contribution in [2.45, 2.75) is 102 Å². The van der Waals surface area contributed by atoms with Gasteiger partial charge in [-0.25, -0.2) is 0 Å². The molecule has 5 atom stereocenters. The predicted octanol–water partition coefficient (Wildman–Crippen LogP) is 7.12. The Morgan fingerprint density at radius 2 is 1.29 bits per heavy atom. The number of hydrogen-bond donors (Lipinski definition) is 6. The summed E-state index contributed by atoms with van der Waals surface area (Å²) in [6, 6.07) is 32.9. The number of ether oxygens (including phenoxy) is 2. The number of amides is 3. The molecule has 78 heavy (non-hydrogen) atoms. The Labute approximate surface area is 456 Å². The monoisotopic (exact) mass is 1060 g/mol. The van der Waals surface area contributed by atoms with Gasteiger partial charge < -0.3 is 45.4 Å². The third-order valence-corrected chi connectivity index (χ3v) is 15.0. The summed E-state index contributed by atoms with van der Waals surface area (Å²) in [6.07, 6.45) is 9.64. The molecule has 17 nitrogen and oxygen atoms in total. The highest BCUT2D eigenvalue weighted by molar-refractivity contribution is 6.10. The fourth-order valence-electron chi connectivity index (χ4n) is 10.9. The van der Waals surface area contributed by atoms with Crippen LogP contribution in [0, 0.1) is 5.92 Å². The fraction of sp³-hybridized carbons (Fsp3) is 0.393. The van der Waals surface area contributed by atoms with Crippen LogP contribution in [0.3, 0.4) is 0 Å². The second-order valence-electron chi connectivity index (χ2n) is 20.2. The van der Waals surface area contributed by atoms with E-state index in [4.69, 9.17) is 9.47 Å². The summed E-state index contributed by atoms with van der Waals surface area (Å²) in [5.74, 6) is -0.474. The molecular formula is C61H72N8O9. The van der Waals surface area contributed by atoms with Crippen molar-refractivity contribution < 1.29 is 44.3 Å². The zero-order valence-electron chi connectivity index (χ0n) is 44.8. The molecule has 0 spiro atoms. The van der Waals surface area contributed by atoms with Crippen LogP contribution in [0.4, 0.5) is 28.4 Å². The largest absolute Gasteiger partial charge is 0.494 e. The number of anilines is 5. The number of aryl methyl sites for hydroxylation is 1. The SMILES string of the molecule is CCOc1ccc2c(c1)CC(NCCCCO)C(=O)N2c1ccc(CN2C(=O)[C@](O)([C@H](C)/C=C/CCn3cc(C(CO)c4ccccc4)nn3)c3cc(N4C(=O)C(NCCCCO)Cc5cc(OCC)ccc54)ccc32)cc1. The number of fused-ring (bicyclic) bond motifs is 3. The molecule has 3 aliphatic heterocycles. The van der Waals surface area contributed by atoms with Gasteiger partial charge >= 0.3 is 0 Å². The van der Waals surface area contributed by atoms with Crippen LogP contribution in [0.2, 0.25) is 0 Å². The lowest BCUT2D eigenvalue weighted by molar-refractivity contribution is -0.139. The van der Waals surface area contributed by atoms with Gasteiger partial charge in [0.15, 0.2) is 5.60 Å². The van der Waals surface area contributed by atoms with Crippen LogP contribution in [0.15, 0.2) is 128 Å². The summed E-state index contributed by atoms with van der Waals surface area (Å²) in [5.41, 5.74) is 5.56. The van der Waals surface area contributed by atoms with Gasteiger partial charge in [0.1, 0.15) is 11.5 Å². The second kappa shape index (κ2) is 25.5. The van der Waals surface area contributed by atoms with E-state index < -0.39 is 29.5 Å². The number of benzene rings is 5. The van der Waals surface area contributed by atoms with E-state index in [1.54, 1.807) is 31.5 Å². The molecule has 3 unspecified atom stereocenters. The highest BCUT2D eigenvalue weighted by Gasteiger charge is 2.53. The number of carbonyl (C=O) groups is 3. The van der Waals surface area contributed by atoms with Gasteiger partial charge in [-0.05, 0) is 161 Å². The number of carbonyl (C=O) groups excluding carboxylic acids is 3. The molecule has 0 saturated heterocycles. The van der Waals surface area contributed by atoms with Crippen molar-refractivity contribution in [3.05, 3.63) is 161 Å². The Balaban J connectivity index is 1.02. The first kappa shape index (κ1) is 55.5. The van der Waals surface area contributed by atoms with Crippen LogP contribution >= 0.6 is 0 Å². The van der Waals surface area contributed by atoms with Crippen LogP contribution in [-0.2, 0) is 45.9 Å². The first-order chi connectivity index (χ1) is 38.0. The average molecular weight is 1060 g/mol. The molecule has 410 valence electrons. The normalized spacial score (nSPS) is 18.8. The summed E-state index contributed by atoms with van der Waals surface area (Å²) in [5, 5.41) is 57.7. The van der Waals surface area contributed by atoms with Gasteiger partial charge in [0.05, 0.1) is 67.1 Å². The number of allylic oxidation sites excluding steroid dienone is 1. The second-order valence-corrected chi connectivity index (χ2v) is 20.2. The molecule has 0 aliphatic carbocycles. The van der Waals surface area contributed by atoms with Crippen molar-refractivity contribution >= 4 is 46.2 Å². The predicted molar refractivity (Wildman–Crippen MR) is 299 cm³/mol. The molecule has 6 N–H and O–H groups in total. The molecule has 3 amide bonds. The Morgan fingerprint density at radius 1 is 0.718 bits per heavy atom. The van der Waals surface area contributed by atoms with Gasteiger partial charge in [-0.1, -0.05) is 66.8 Å². The van der Waals surface area contributed by atoms with Gasteiger partial charge in [0, 0.05) is 48.8 Å². The first-order valence-corrected chi connectivity index (χ1v) is 27.4. The summed E-state index contributed by atoms with van der Waals surface area (Å²) in [6.45, 7) is 8.32. The number of aromatic nitrogens is 3. The van der Waals surface area contributed by atoms with E-state index in [2.05, 4.69) is 20.9 Å². The lowest BCUT2D eigenvalue weighted by atomic mass is 9.82. The van der Waals surface area contributed by atoms with E-state index in [1.807, 2.05) is 136 Å². The maximum atomic E-state index is 15.2. The third-order valence-electron chi connectivity index (χ3n) is 15.0. The molecule has 17 heteroatoms. The van der Waals surface area contributed by atoms with Gasteiger partial charge in [0.2, 0.25) is 11.8 Å². The van der Waals surface area contributed by atoms with Crippen LogP contribution in [0.25, 0.3) is 0 Å². The summed E-state index contributed by atoms with van der Waals surface area (Å²) in [4.78, 5) is 49.1. The van der Waals surface area contributed by atoms with Gasteiger partial charge in [-0.3, -0.25) is 28.9 Å². The number of aliphatic hydroxyl groups is 4. The standard InChI is InChI=1S/C61H72N8O9/c1-4-77-48-23-26-55-44(33-48)35-52(62-28-10-13-31-70)58(73)68(55)46-20-18-42(19-21-46)38-67-57-25-22-47(69-56-27-24-49(78-5-2)34-45(56)36-53(59(69)74)63-29-11-14-32-71)37-51(57)61(76,60(67)75)41(3)15-9-12-30-66-39-54(64-65-66)50(40-72)43-16-7-6-8-17-43/h6-9,15-27,33-34,37,39,41,50,52-53,62-63,70-72,76H,4-5,10-14,28-32,35-36,38,40H2,1-3H3/b15-9+/t41-,50?,52?,53?,61+/m1/s1. The highest BCUT2D eigenvalue weighted by Crippen LogP contribution is 2.49. The van der Waals surface area contributed by atoms with Gasteiger partial charge in [0.25, 0.3) is 5.91 Å². The van der Waals surface area contributed by atoms with Crippen LogP contribution < -0.4 is 34.8 Å². The van der Waals surface area contributed by atoms with E-state index in [9.17, 15) is 30.0 Å². The summed E-state index contributed by atoms with van der Waals surface area (Å²) in [7, 11) is 0. The molecule has 9 rings (SSSR count). The maximum absolute atomic E-state index is 15.2. The van der Waals surface area contributed by atoms with Crippen molar-refractivity contribution in [3.63, 3.8) is 0 Å². The minimum Gasteiger partial charge on any atom is -0.494 e. The van der Waals surface area contributed by atoms with Crippen LogP contribution in [0.1, 0.15) is 92.3 Å². The fourth-order valence-corrected chi connectivity index (χ4v) is 10.9. The molecule has 0 saturated carbocycles. The van der Waals surface area contributed by atoms with E-state index in [-0.39, 0.29) is 44.1 Å². The molecule has 5 aromatic carbocycles. The van der Waals surface area contributed by atoms with Crippen molar-refractivity contribution in [2.24, 2.45) is 5.92 Å². The Bertz CT molecular complexity index is 3060. The zero-order valence-corrected chi connectivity index (χ0v) is 44.8. The summed E-state index contributed by atoms with van der Waals surface area (Å²) >= 11 is 0. The van der Waals surface area contributed by atoms with Gasteiger partial charge in [-0.2, -0.15) is 0 Å². The minimum absolute atomic E-state index is 0.0560. The van der Waals surface area contributed by atoms with E-state index in [0.29, 0.717) is 111 Å². The average Bonchev–Trinajstić information content (AvgIpc) is 4.22. The lowest BCUT2D eigenvalue weighted by Gasteiger charge is -2.35. The number of hydrogen-bond acceptors (Lipinski definition) is 13. The van der Waals surface area contributed by atoms with Crippen molar-refractivity contribution in [1.29, 1.82) is 0 Å². The molecule has 0 bridgehead atoms. The Hall–Kier alpha value is -7.25. The van der Waals surface area contributed by atoms with Crippen molar-refractivity contribution in [2.75, 3.05) is 60.8 Å². The number of aliphatic hydroxyl groups excluding tert-OH is 3. The zero-order chi connectivity index (χ0) is 54.8. The molecule has 6 aromatic rings. The van der Waals surface area contributed by atoms with E-state index in [1.165, 1.54) is 0 Å². The third kappa shape index (κ3) is 11.8. The molecule has 0 fully saturated rings. The Morgan fingerprint density at radius 3 is 1.87 bits per heavy atom. The summed E-state index contributed by atoms with van der Waals surface area (Å²) < 4.78 is 13.4. The first-order valence-electron chi connectivity index (χ1n) is 27.4. The number of nitrogens with zero attached hydrogens (tertiary/aromatic N) is 6. The van der Waals surface area contributed by atoms with Crippen LogP contribution in [0.5, 0.6) is 11.5 Å². The lowest BCUT2D eigenvalue weighted by Crippen LogP contribution is -2.49. The minimum atomic E-state index is -2.06. The Kier molecular flexibility index (Phi) is 18.1. The quantitative estimate of drug-likeness (QED) is 0.0236. The van der Waals surface area contributed by atoms with Crippen LogP contribution in [-0.4, -0.2) is 111 Å². The maximum Gasteiger partial charge on any atom is 0.264 e. The number of nitrogens with one attached hydrogen (secondary N) is 2. The van der Waals surface area contributed by atoms with Crippen molar-refractivity contribution in [3.8, 4) is 11.5 Å².